The molecule has 0 N–H and O–H groups in total. The van der Waals surface area contributed by atoms with Crippen LogP contribution < -0.4 is 5.46 Å². The zero-order chi connectivity index (χ0) is 27.8. The van der Waals surface area contributed by atoms with Crippen molar-refractivity contribution in [3.63, 3.8) is 0 Å². The van der Waals surface area contributed by atoms with Crippen molar-refractivity contribution in [1.82, 2.24) is 0 Å². The summed E-state index contributed by atoms with van der Waals surface area (Å²) < 4.78 is 12.6. The Morgan fingerprint density at radius 2 is 1.50 bits per heavy atom. The van der Waals surface area contributed by atoms with Crippen LogP contribution in [-0.4, -0.2) is 18.3 Å². The monoisotopic (exact) mass is 524 g/mol. The van der Waals surface area contributed by atoms with Crippen LogP contribution in [0.3, 0.4) is 0 Å². The van der Waals surface area contributed by atoms with Crippen molar-refractivity contribution < 1.29 is 9.31 Å². The van der Waals surface area contributed by atoms with Gasteiger partial charge in [-0.2, -0.15) is 0 Å². The van der Waals surface area contributed by atoms with E-state index in [-0.39, 0.29) is 29.2 Å². The third-order valence-electron chi connectivity index (χ3n) is 10.5. The van der Waals surface area contributed by atoms with Crippen LogP contribution in [0, 0.1) is 11.3 Å². The first-order valence-corrected chi connectivity index (χ1v) is 14.8. The van der Waals surface area contributed by atoms with E-state index in [0.717, 1.165) is 5.46 Å². The second-order valence-electron chi connectivity index (χ2n) is 14.5. The third kappa shape index (κ3) is 3.25. The van der Waals surface area contributed by atoms with E-state index >= 15 is 0 Å². The van der Waals surface area contributed by atoms with Crippen LogP contribution in [0.4, 0.5) is 0 Å². The second-order valence-corrected chi connectivity index (χ2v) is 14.5. The molecular weight excluding hydrogens is 487 g/mol. The lowest BCUT2D eigenvalue weighted by Crippen LogP contribution is -2.41. The van der Waals surface area contributed by atoms with Crippen LogP contribution >= 0.6 is 0 Å². The lowest BCUT2D eigenvalue weighted by atomic mass is 9.70. The van der Waals surface area contributed by atoms with Crippen molar-refractivity contribution in [2.75, 3.05) is 0 Å². The van der Waals surface area contributed by atoms with E-state index in [4.69, 9.17) is 9.31 Å². The Bertz CT molecular complexity index is 1820. The van der Waals surface area contributed by atoms with Crippen molar-refractivity contribution in [3.8, 4) is 11.1 Å². The molecule has 1 saturated carbocycles. The maximum Gasteiger partial charge on any atom is 0.494 e. The molecule has 4 aliphatic rings. The van der Waals surface area contributed by atoms with Crippen molar-refractivity contribution in [2.24, 2.45) is 11.3 Å². The fourth-order valence-corrected chi connectivity index (χ4v) is 7.52. The second kappa shape index (κ2) is 7.57. The number of rotatable bonds is 2. The highest BCUT2D eigenvalue weighted by Gasteiger charge is 2.60. The zero-order valence-corrected chi connectivity index (χ0v) is 24.7. The van der Waals surface area contributed by atoms with Gasteiger partial charge in [0, 0.05) is 5.41 Å². The van der Waals surface area contributed by atoms with Crippen molar-refractivity contribution in [3.05, 3.63) is 89.0 Å². The summed E-state index contributed by atoms with van der Waals surface area (Å²) in [6, 6.07) is 22.8. The molecule has 8 rings (SSSR count). The predicted octanol–water partition coefficient (Wildman–Crippen LogP) is 8.69. The summed E-state index contributed by atoms with van der Waals surface area (Å²) in [4.78, 5) is 0. The van der Waals surface area contributed by atoms with Gasteiger partial charge < -0.3 is 9.31 Å². The zero-order valence-electron chi connectivity index (χ0n) is 24.7. The maximum absolute atomic E-state index is 6.32. The third-order valence-corrected chi connectivity index (χ3v) is 10.5. The first kappa shape index (κ1) is 24.6. The minimum atomic E-state index is -0.346. The highest BCUT2D eigenvalue weighted by molar-refractivity contribution is 6.62. The summed E-state index contributed by atoms with van der Waals surface area (Å²) in [6.45, 7) is 15.5. The van der Waals surface area contributed by atoms with Gasteiger partial charge in [0.05, 0.1) is 11.2 Å². The molecule has 1 heterocycles. The van der Waals surface area contributed by atoms with Crippen LogP contribution in [-0.2, 0) is 14.7 Å². The summed E-state index contributed by atoms with van der Waals surface area (Å²) in [5.41, 5.74) is 9.29. The Kier molecular flexibility index (Phi) is 4.67. The first-order chi connectivity index (χ1) is 18.9. The molecule has 3 aliphatic carbocycles. The molecule has 2 unspecified atom stereocenters. The lowest BCUT2D eigenvalue weighted by Gasteiger charge is -2.33. The Balaban J connectivity index is 1.23. The molecule has 4 aromatic carbocycles. The van der Waals surface area contributed by atoms with Gasteiger partial charge in [0.2, 0.25) is 0 Å². The fraction of sp³-hybridized carbons (Fsp3) is 0.351. The minimum absolute atomic E-state index is 0.186. The van der Waals surface area contributed by atoms with E-state index in [9.17, 15) is 0 Å². The van der Waals surface area contributed by atoms with Gasteiger partial charge in [-0.05, 0) is 106 Å². The van der Waals surface area contributed by atoms with Crippen molar-refractivity contribution in [2.45, 2.75) is 71.5 Å². The largest absolute Gasteiger partial charge is 0.494 e. The molecule has 2 nitrogen and oxygen atoms in total. The molecule has 0 radical (unpaired) electrons. The van der Waals surface area contributed by atoms with Gasteiger partial charge >= 0.3 is 7.12 Å². The van der Waals surface area contributed by atoms with Gasteiger partial charge in [-0.1, -0.05) is 99.2 Å². The van der Waals surface area contributed by atoms with E-state index in [1.807, 2.05) is 0 Å². The van der Waals surface area contributed by atoms with Gasteiger partial charge in [0.1, 0.15) is 0 Å². The first-order valence-electron chi connectivity index (χ1n) is 14.8. The molecular formula is C37H37BO2. The maximum atomic E-state index is 6.32. The van der Waals surface area contributed by atoms with E-state index in [1.54, 1.807) is 11.1 Å². The number of benzene rings is 4. The highest BCUT2D eigenvalue weighted by atomic mass is 16.7. The lowest BCUT2D eigenvalue weighted by molar-refractivity contribution is 0.00578. The van der Waals surface area contributed by atoms with Gasteiger partial charge in [-0.25, -0.2) is 0 Å². The van der Waals surface area contributed by atoms with E-state index < -0.39 is 0 Å². The Labute approximate surface area is 238 Å². The average Bonchev–Trinajstić information content (AvgIpc) is 3.58. The van der Waals surface area contributed by atoms with Gasteiger partial charge in [0.15, 0.2) is 0 Å². The smallest absolute Gasteiger partial charge is 0.399 e. The number of allylic oxidation sites excluding steroid dienone is 2. The molecule has 2 fully saturated rings. The molecule has 200 valence electrons. The number of hydrogen-bond donors (Lipinski definition) is 0. The predicted molar refractivity (Wildman–Crippen MR) is 169 cm³/mol. The summed E-state index contributed by atoms with van der Waals surface area (Å²) in [5.74, 6) is 0.637. The molecule has 40 heavy (non-hydrogen) atoms. The van der Waals surface area contributed by atoms with E-state index in [2.05, 4.69) is 127 Å². The fourth-order valence-electron chi connectivity index (χ4n) is 7.52. The molecule has 2 atom stereocenters. The molecule has 4 aromatic rings. The Morgan fingerprint density at radius 1 is 0.800 bits per heavy atom. The van der Waals surface area contributed by atoms with E-state index in [1.165, 1.54) is 50.2 Å². The normalized spacial score (nSPS) is 25.3. The standard InChI is InChI=1S/C37H37BO2/c1-34(2,3)30-20-26-12-15-29-28(14-11-22-16-17-37(21-31(30)37)33(26)32(22)29)25-9-8-24-19-27(13-10-23(24)18-25)38-39-35(4,5)36(6,7)40-38/h8-20,31H,21H2,1-7H3. The van der Waals surface area contributed by atoms with E-state index in [0.29, 0.717) is 5.92 Å². The number of hydrogen-bond acceptors (Lipinski definition) is 2. The van der Waals surface area contributed by atoms with Gasteiger partial charge in [0.25, 0.3) is 0 Å². The Hall–Kier alpha value is -3.14. The van der Waals surface area contributed by atoms with Crippen LogP contribution in [0.15, 0.2) is 72.3 Å². The van der Waals surface area contributed by atoms with Gasteiger partial charge in [-0.3, -0.25) is 0 Å². The quantitative estimate of drug-likeness (QED) is 0.244. The molecule has 0 amide bonds. The summed E-state index contributed by atoms with van der Waals surface area (Å²) in [7, 11) is -0.346. The molecule has 1 aliphatic heterocycles. The molecule has 1 spiro atoms. The SMILES string of the molecule is CC(C)(C)C1=Cc2ccc3c(-c4ccc5cc(B6OC(C)(C)C(C)(C)O6)ccc5c4)ccc4c3c2C2(C=C4)CC12. The van der Waals surface area contributed by atoms with Crippen LogP contribution in [0.2, 0.25) is 0 Å². The topological polar surface area (TPSA) is 18.5 Å². The van der Waals surface area contributed by atoms with Gasteiger partial charge in [-0.15, -0.1) is 0 Å². The van der Waals surface area contributed by atoms with Crippen molar-refractivity contribution in [1.29, 1.82) is 0 Å². The molecule has 0 bridgehead atoms. The Morgan fingerprint density at radius 3 is 2.25 bits per heavy atom. The van der Waals surface area contributed by atoms with Crippen LogP contribution in [0.1, 0.15) is 71.6 Å². The average molecular weight is 525 g/mol. The van der Waals surface area contributed by atoms with Crippen LogP contribution in [0.5, 0.6) is 0 Å². The highest BCUT2D eigenvalue weighted by Crippen LogP contribution is 2.68. The molecule has 1 saturated heterocycles. The summed E-state index contributed by atoms with van der Waals surface area (Å²) in [6.07, 6.45) is 8.66. The van der Waals surface area contributed by atoms with Crippen molar-refractivity contribution >= 4 is 46.3 Å². The summed E-state index contributed by atoms with van der Waals surface area (Å²) in [5, 5.41) is 5.26. The molecule has 3 heteroatoms. The molecule has 0 aromatic heterocycles. The summed E-state index contributed by atoms with van der Waals surface area (Å²) >= 11 is 0. The minimum Gasteiger partial charge on any atom is -0.399 e. The van der Waals surface area contributed by atoms with Crippen LogP contribution in [0.25, 0.3) is 44.8 Å². The number of fused-ring (bicyclic) bond motifs is 1.